The number of amides is 2. The summed E-state index contributed by atoms with van der Waals surface area (Å²) in [6, 6.07) is 10.3. The van der Waals surface area contributed by atoms with Gasteiger partial charge in [-0.2, -0.15) is 15.3 Å². The lowest BCUT2D eigenvalue weighted by Crippen LogP contribution is -2.39. The molecule has 0 unspecified atom stereocenters. The monoisotopic (exact) mass is 418 g/mol. The lowest BCUT2D eigenvalue weighted by Gasteiger charge is -2.29. The van der Waals surface area contributed by atoms with Crippen molar-refractivity contribution in [3.05, 3.63) is 53.2 Å². The fraction of sp³-hybridized carbons (Fsp3) is 0.318. The molecule has 1 saturated carbocycles. The van der Waals surface area contributed by atoms with E-state index in [0.717, 1.165) is 18.2 Å². The predicted molar refractivity (Wildman–Crippen MR) is 112 cm³/mol. The van der Waals surface area contributed by atoms with E-state index in [1.165, 1.54) is 0 Å². The highest BCUT2D eigenvalue weighted by Crippen LogP contribution is 2.27. The zero-order valence-corrected chi connectivity index (χ0v) is 17.0. The van der Waals surface area contributed by atoms with Crippen LogP contribution in [-0.2, 0) is 7.05 Å². The van der Waals surface area contributed by atoms with E-state index in [9.17, 15) is 9.59 Å². The van der Waals surface area contributed by atoms with Gasteiger partial charge in [0.25, 0.3) is 11.8 Å². The molecule has 0 atom stereocenters. The molecule has 2 aromatic heterocycles. The Morgan fingerprint density at radius 3 is 2.74 bits per heavy atom. The van der Waals surface area contributed by atoms with Gasteiger partial charge in [-0.15, -0.1) is 0 Å². The minimum Gasteiger partial charge on any atom is -0.474 e. The molecule has 1 aliphatic rings. The van der Waals surface area contributed by atoms with Gasteiger partial charge in [0.2, 0.25) is 5.88 Å². The van der Waals surface area contributed by atoms with Crippen LogP contribution in [0.2, 0.25) is 0 Å². The number of aromatic nitrogens is 3. The predicted octanol–water partition coefficient (Wildman–Crippen LogP) is 2.06. The summed E-state index contributed by atoms with van der Waals surface area (Å²) in [5, 5.41) is 16.9. The van der Waals surface area contributed by atoms with Crippen molar-refractivity contribution >= 4 is 22.8 Å². The van der Waals surface area contributed by atoms with Crippen LogP contribution in [0.15, 0.2) is 36.5 Å². The first-order chi connectivity index (χ1) is 14.9. The average Bonchev–Trinajstić information content (AvgIpc) is 3.14. The third kappa shape index (κ3) is 4.33. The summed E-state index contributed by atoms with van der Waals surface area (Å²) in [5.41, 5.74) is 7.28. The molecule has 0 radical (unpaired) electrons. The summed E-state index contributed by atoms with van der Waals surface area (Å²) in [6.45, 7) is 0. The van der Waals surface area contributed by atoms with Gasteiger partial charge in [-0.05, 0) is 49.9 Å². The molecule has 0 saturated heterocycles. The Hall–Kier alpha value is -3.93. The summed E-state index contributed by atoms with van der Waals surface area (Å²) in [6.07, 6.45) is 4.35. The van der Waals surface area contributed by atoms with E-state index in [1.807, 2.05) is 6.07 Å². The van der Waals surface area contributed by atoms with Gasteiger partial charge in [-0.1, -0.05) is 6.07 Å². The topological polar surface area (TPSA) is 136 Å². The molecule has 3 N–H and O–H groups in total. The molecule has 9 nitrogen and oxygen atoms in total. The second-order valence-electron chi connectivity index (χ2n) is 7.64. The van der Waals surface area contributed by atoms with Crippen molar-refractivity contribution in [1.82, 2.24) is 20.1 Å². The molecule has 158 valence electrons. The number of nitriles is 1. The highest BCUT2D eigenvalue weighted by Gasteiger charge is 2.26. The van der Waals surface area contributed by atoms with Crippen molar-refractivity contribution in [3.63, 3.8) is 0 Å². The van der Waals surface area contributed by atoms with E-state index in [2.05, 4.69) is 15.4 Å². The third-order valence-electron chi connectivity index (χ3n) is 5.48. The normalized spacial score (nSPS) is 18.3. The number of primary amides is 1. The minimum absolute atomic E-state index is 0.0150. The molecule has 1 aromatic carbocycles. The van der Waals surface area contributed by atoms with E-state index >= 15 is 0 Å². The summed E-state index contributed by atoms with van der Waals surface area (Å²) >= 11 is 0. The molecule has 1 fully saturated rings. The Kier molecular flexibility index (Phi) is 5.54. The van der Waals surface area contributed by atoms with E-state index in [4.69, 9.17) is 15.7 Å². The first-order valence-electron chi connectivity index (χ1n) is 10.0. The highest BCUT2D eigenvalue weighted by atomic mass is 16.5. The number of carbonyl (C=O) groups excluding carboxylic acids is 2. The molecule has 0 bridgehead atoms. The van der Waals surface area contributed by atoms with Gasteiger partial charge < -0.3 is 15.8 Å². The minimum atomic E-state index is -0.603. The molecule has 4 rings (SSSR count). The van der Waals surface area contributed by atoms with Crippen molar-refractivity contribution in [2.75, 3.05) is 0 Å². The van der Waals surface area contributed by atoms with Crippen LogP contribution in [0.25, 0.3) is 11.0 Å². The van der Waals surface area contributed by atoms with Crippen molar-refractivity contribution in [2.24, 2.45) is 12.8 Å². The number of hydrogen-bond donors (Lipinski definition) is 2. The lowest BCUT2D eigenvalue weighted by atomic mass is 9.92. The quantitative estimate of drug-likeness (QED) is 0.651. The zero-order valence-electron chi connectivity index (χ0n) is 17.0. The van der Waals surface area contributed by atoms with Crippen molar-refractivity contribution < 1.29 is 14.3 Å². The van der Waals surface area contributed by atoms with E-state index in [1.54, 1.807) is 48.3 Å². The standard InChI is InChI=1S/C22H22N6O3/c1-28-20-15(12-25-28)10-18(19(24)29)22(27-20)31-17-7-5-16(6-8-17)26-21(30)14-4-2-3-13(9-14)11-23/h2-4,9-10,12,16-17H,5-8H2,1H3,(H2,24,29)(H,26,30)/t16-,17-. The number of benzene rings is 1. The van der Waals surface area contributed by atoms with Crippen LogP contribution in [0.3, 0.4) is 0 Å². The van der Waals surface area contributed by atoms with Gasteiger partial charge in [0.1, 0.15) is 11.7 Å². The van der Waals surface area contributed by atoms with Crippen LogP contribution in [0.1, 0.15) is 52.0 Å². The Balaban J connectivity index is 1.40. The number of carbonyl (C=O) groups is 2. The van der Waals surface area contributed by atoms with Gasteiger partial charge in [0.15, 0.2) is 5.65 Å². The Morgan fingerprint density at radius 2 is 2.03 bits per heavy atom. The van der Waals surface area contributed by atoms with Crippen molar-refractivity contribution in [2.45, 2.75) is 37.8 Å². The van der Waals surface area contributed by atoms with Crippen molar-refractivity contribution in [3.8, 4) is 11.9 Å². The molecule has 2 amide bonds. The van der Waals surface area contributed by atoms with Gasteiger partial charge in [0, 0.05) is 24.0 Å². The number of ether oxygens (including phenoxy) is 1. The summed E-state index contributed by atoms with van der Waals surface area (Å²) in [4.78, 5) is 28.8. The smallest absolute Gasteiger partial charge is 0.254 e. The van der Waals surface area contributed by atoms with Gasteiger partial charge >= 0.3 is 0 Å². The third-order valence-corrected chi connectivity index (χ3v) is 5.48. The van der Waals surface area contributed by atoms with Crippen LogP contribution in [0.4, 0.5) is 0 Å². The van der Waals surface area contributed by atoms with Crippen LogP contribution in [-0.4, -0.2) is 38.7 Å². The van der Waals surface area contributed by atoms with Crippen LogP contribution in [0.5, 0.6) is 5.88 Å². The van der Waals surface area contributed by atoms with E-state index in [0.29, 0.717) is 29.6 Å². The average molecular weight is 418 g/mol. The number of aryl methyl sites for hydroxylation is 1. The maximum absolute atomic E-state index is 12.5. The summed E-state index contributed by atoms with van der Waals surface area (Å²) in [7, 11) is 1.77. The van der Waals surface area contributed by atoms with Gasteiger partial charge in [-0.3, -0.25) is 14.3 Å². The van der Waals surface area contributed by atoms with E-state index in [-0.39, 0.29) is 29.5 Å². The number of hydrogen-bond acceptors (Lipinski definition) is 6. The molecule has 0 aliphatic heterocycles. The molecule has 9 heteroatoms. The van der Waals surface area contributed by atoms with Gasteiger partial charge in [0.05, 0.1) is 17.8 Å². The summed E-state index contributed by atoms with van der Waals surface area (Å²) in [5.74, 6) is -0.584. The highest BCUT2D eigenvalue weighted by molar-refractivity contribution is 5.98. The Morgan fingerprint density at radius 1 is 1.26 bits per heavy atom. The second-order valence-corrected chi connectivity index (χ2v) is 7.64. The zero-order chi connectivity index (χ0) is 22.0. The SMILES string of the molecule is Cn1ncc2cc(C(N)=O)c(O[C@H]3CC[C@H](NC(=O)c4cccc(C#N)c4)CC3)nc21. The van der Waals surface area contributed by atoms with Crippen molar-refractivity contribution in [1.29, 1.82) is 5.26 Å². The van der Waals surface area contributed by atoms with Crippen LogP contribution < -0.4 is 15.8 Å². The lowest BCUT2D eigenvalue weighted by molar-refractivity contribution is 0.0881. The summed E-state index contributed by atoms with van der Waals surface area (Å²) < 4.78 is 7.66. The molecule has 0 spiro atoms. The number of nitrogens with zero attached hydrogens (tertiary/aromatic N) is 4. The number of nitrogens with one attached hydrogen (secondary N) is 1. The maximum Gasteiger partial charge on any atom is 0.254 e. The Bertz CT molecular complexity index is 1190. The second kappa shape index (κ2) is 8.44. The van der Waals surface area contributed by atoms with Crippen LogP contribution in [0, 0.1) is 11.3 Å². The van der Waals surface area contributed by atoms with Gasteiger partial charge in [-0.25, -0.2) is 0 Å². The van der Waals surface area contributed by atoms with Crippen LogP contribution >= 0.6 is 0 Å². The largest absolute Gasteiger partial charge is 0.474 e. The molecular weight excluding hydrogens is 396 g/mol. The molecule has 3 aromatic rings. The van der Waals surface area contributed by atoms with E-state index < -0.39 is 5.91 Å². The number of rotatable bonds is 5. The first kappa shape index (κ1) is 20.3. The molecule has 2 heterocycles. The Labute approximate surface area is 178 Å². The fourth-order valence-corrected chi connectivity index (χ4v) is 3.81. The number of pyridine rings is 1. The fourth-order valence-electron chi connectivity index (χ4n) is 3.81. The first-order valence-corrected chi connectivity index (χ1v) is 10.0. The number of fused-ring (bicyclic) bond motifs is 1. The molecule has 31 heavy (non-hydrogen) atoms. The molecule has 1 aliphatic carbocycles. The maximum atomic E-state index is 12.5. The number of nitrogens with two attached hydrogens (primary N) is 1. The molecular formula is C22H22N6O3.